The highest BCUT2D eigenvalue weighted by Gasteiger charge is 2.13. The molecule has 0 bridgehead atoms. The number of rotatable bonds is 3. The molecule has 0 aromatic heterocycles. The van der Waals surface area contributed by atoms with Crippen LogP contribution in [0.25, 0.3) is 10.8 Å². The number of benzene rings is 3. The molecule has 0 aliphatic heterocycles. The van der Waals surface area contributed by atoms with Crippen LogP contribution in [0.5, 0.6) is 5.75 Å². The number of aliphatic imine (C=N–C) groups is 1. The zero-order valence-corrected chi connectivity index (χ0v) is 13.8. The molecular weight excluding hydrogens is 282 g/mol. The Morgan fingerprint density at radius 3 is 2.30 bits per heavy atom. The predicted molar refractivity (Wildman–Crippen MR) is 98.0 cm³/mol. The summed E-state index contributed by atoms with van der Waals surface area (Å²) < 4.78 is 5.98. The van der Waals surface area contributed by atoms with Gasteiger partial charge in [0.05, 0.1) is 0 Å². The van der Waals surface area contributed by atoms with E-state index in [-0.39, 0.29) is 5.60 Å². The lowest BCUT2D eigenvalue weighted by Gasteiger charge is -2.22. The zero-order valence-electron chi connectivity index (χ0n) is 13.8. The Bertz CT molecular complexity index is 844. The highest BCUT2D eigenvalue weighted by molar-refractivity contribution is 5.91. The van der Waals surface area contributed by atoms with E-state index in [1.165, 1.54) is 10.8 Å². The summed E-state index contributed by atoms with van der Waals surface area (Å²) in [4.78, 5) is 4.62. The Morgan fingerprint density at radius 1 is 0.826 bits per heavy atom. The SMILES string of the molecule is CC(C)(C)Oc1ccccc1N=Cc1ccc2ccccc2c1. The van der Waals surface area contributed by atoms with E-state index < -0.39 is 0 Å². The molecule has 0 aliphatic carbocycles. The first-order valence-electron chi connectivity index (χ1n) is 7.82. The minimum absolute atomic E-state index is 0.241. The van der Waals surface area contributed by atoms with Gasteiger partial charge in [0.25, 0.3) is 0 Å². The third kappa shape index (κ3) is 3.98. The summed E-state index contributed by atoms with van der Waals surface area (Å²) in [5, 5.41) is 2.46. The van der Waals surface area contributed by atoms with Crippen molar-refractivity contribution < 1.29 is 4.74 Å². The molecule has 0 N–H and O–H groups in total. The molecule has 3 aromatic rings. The third-order valence-corrected chi connectivity index (χ3v) is 3.41. The van der Waals surface area contributed by atoms with Gasteiger partial charge in [0.15, 0.2) is 0 Å². The zero-order chi connectivity index (χ0) is 16.3. The molecule has 0 fully saturated rings. The van der Waals surface area contributed by atoms with Crippen molar-refractivity contribution in [2.45, 2.75) is 26.4 Å². The molecule has 0 saturated heterocycles. The second-order valence-electron chi connectivity index (χ2n) is 6.55. The first-order valence-corrected chi connectivity index (χ1v) is 7.82. The van der Waals surface area contributed by atoms with Crippen LogP contribution in [0.15, 0.2) is 71.7 Å². The minimum atomic E-state index is -0.241. The summed E-state index contributed by atoms with van der Waals surface area (Å²) in [5.41, 5.74) is 1.68. The average molecular weight is 303 g/mol. The van der Waals surface area contributed by atoms with Crippen LogP contribution >= 0.6 is 0 Å². The number of hydrogen-bond donors (Lipinski definition) is 0. The summed E-state index contributed by atoms with van der Waals surface area (Å²) in [7, 11) is 0. The van der Waals surface area contributed by atoms with Crippen molar-refractivity contribution in [2.24, 2.45) is 4.99 Å². The number of ether oxygens (including phenoxy) is 1. The van der Waals surface area contributed by atoms with Gasteiger partial charge in [0.2, 0.25) is 0 Å². The molecule has 3 rings (SSSR count). The first kappa shape index (κ1) is 15.3. The number of nitrogens with zero attached hydrogens (tertiary/aromatic N) is 1. The van der Waals surface area contributed by atoms with Crippen LogP contribution in [0, 0.1) is 0 Å². The second kappa shape index (κ2) is 6.25. The maximum atomic E-state index is 5.98. The summed E-state index contributed by atoms with van der Waals surface area (Å²) in [5.74, 6) is 0.803. The Hall–Kier alpha value is -2.61. The van der Waals surface area contributed by atoms with Gasteiger partial charge in [-0.25, -0.2) is 0 Å². The van der Waals surface area contributed by atoms with Gasteiger partial charge in [0.1, 0.15) is 17.0 Å². The fourth-order valence-corrected chi connectivity index (χ4v) is 2.41. The molecule has 23 heavy (non-hydrogen) atoms. The van der Waals surface area contributed by atoms with E-state index in [0.29, 0.717) is 0 Å². The monoisotopic (exact) mass is 303 g/mol. The average Bonchev–Trinajstić information content (AvgIpc) is 2.52. The van der Waals surface area contributed by atoms with Crippen molar-refractivity contribution in [2.75, 3.05) is 0 Å². The largest absolute Gasteiger partial charge is 0.486 e. The van der Waals surface area contributed by atoms with Crippen LogP contribution < -0.4 is 4.74 Å². The van der Waals surface area contributed by atoms with Crippen LogP contribution in [0.4, 0.5) is 5.69 Å². The standard InChI is InChI=1S/C21H21NO/c1-21(2,3)23-20-11-7-6-10-19(20)22-15-16-12-13-17-8-4-5-9-18(17)14-16/h4-15H,1-3H3. The maximum absolute atomic E-state index is 5.98. The Morgan fingerprint density at radius 2 is 1.52 bits per heavy atom. The lowest BCUT2D eigenvalue weighted by molar-refractivity contribution is 0.132. The molecule has 3 aromatic carbocycles. The van der Waals surface area contributed by atoms with Gasteiger partial charge in [-0.15, -0.1) is 0 Å². The minimum Gasteiger partial charge on any atom is -0.486 e. The second-order valence-corrected chi connectivity index (χ2v) is 6.55. The predicted octanol–water partition coefficient (Wildman–Crippen LogP) is 5.77. The molecule has 0 saturated carbocycles. The molecule has 0 heterocycles. The van der Waals surface area contributed by atoms with Crippen LogP contribution in [-0.2, 0) is 0 Å². The van der Waals surface area contributed by atoms with Crippen LogP contribution in [0.2, 0.25) is 0 Å². The van der Waals surface area contributed by atoms with E-state index in [1.807, 2.05) is 51.3 Å². The van der Waals surface area contributed by atoms with Gasteiger partial charge in [0, 0.05) is 6.21 Å². The molecular formula is C21H21NO. The van der Waals surface area contributed by atoms with Crippen molar-refractivity contribution >= 4 is 22.7 Å². The molecule has 0 aliphatic rings. The van der Waals surface area contributed by atoms with Gasteiger partial charge in [-0.05, 0) is 55.3 Å². The van der Waals surface area contributed by atoms with Crippen molar-refractivity contribution in [1.82, 2.24) is 0 Å². The van der Waals surface area contributed by atoms with E-state index in [4.69, 9.17) is 4.74 Å². The lowest BCUT2D eigenvalue weighted by atomic mass is 10.1. The molecule has 0 radical (unpaired) electrons. The van der Waals surface area contributed by atoms with Crippen LogP contribution in [-0.4, -0.2) is 11.8 Å². The molecule has 2 nitrogen and oxygen atoms in total. The van der Waals surface area contributed by atoms with E-state index >= 15 is 0 Å². The van der Waals surface area contributed by atoms with Gasteiger partial charge < -0.3 is 4.74 Å². The van der Waals surface area contributed by atoms with Crippen molar-refractivity contribution in [1.29, 1.82) is 0 Å². The van der Waals surface area contributed by atoms with E-state index in [9.17, 15) is 0 Å². The lowest BCUT2D eigenvalue weighted by Crippen LogP contribution is -2.22. The Balaban J connectivity index is 1.89. The molecule has 2 heteroatoms. The normalized spacial score (nSPS) is 12.0. The molecule has 0 atom stereocenters. The van der Waals surface area contributed by atoms with Crippen molar-refractivity contribution in [3.63, 3.8) is 0 Å². The van der Waals surface area contributed by atoms with E-state index in [2.05, 4.69) is 47.5 Å². The smallest absolute Gasteiger partial charge is 0.145 e. The van der Waals surface area contributed by atoms with E-state index in [1.54, 1.807) is 0 Å². The fourth-order valence-electron chi connectivity index (χ4n) is 2.41. The van der Waals surface area contributed by atoms with Crippen LogP contribution in [0.1, 0.15) is 26.3 Å². The van der Waals surface area contributed by atoms with Gasteiger partial charge in [-0.2, -0.15) is 0 Å². The topological polar surface area (TPSA) is 21.6 Å². The summed E-state index contributed by atoms with van der Waals surface area (Å²) in [6.07, 6.45) is 1.89. The Kier molecular flexibility index (Phi) is 4.16. The van der Waals surface area contributed by atoms with Gasteiger partial charge in [-0.1, -0.05) is 48.5 Å². The summed E-state index contributed by atoms with van der Waals surface area (Å²) in [6, 6.07) is 22.5. The Labute approximate surface area is 137 Å². The highest BCUT2D eigenvalue weighted by atomic mass is 16.5. The third-order valence-electron chi connectivity index (χ3n) is 3.41. The van der Waals surface area contributed by atoms with Crippen molar-refractivity contribution in [3.8, 4) is 5.75 Å². The molecule has 0 spiro atoms. The van der Waals surface area contributed by atoms with Gasteiger partial charge in [-0.3, -0.25) is 4.99 Å². The highest BCUT2D eigenvalue weighted by Crippen LogP contribution is 2.30. The number of hydrogen-bond acceptors (Lipinski definition) is 2. The van der Waals surface area contributed by atoms with E-state index in [0.717, 1.165) is 17.0 Å². The summed E-state index contributed by atoms with van der Waals surface area (Å²) in [6.45, 7) is 6.12. The molecule has 0 unspecified atom stereocenters. The fraction of sp³-hybridized carbons (Fsp3) is 0.190. The maximum Gasteiger partial charge on any atom is 0.145 e. The quantitative estimate of drug-likeness (QED) is 0.563. The van der Waals surface area contributed by atoms with Crippen molar-refractivity contribution in [3.05, 3.63) is 72.3 Å². The summed E-state index contributed by atoms with van der Waals surface area (Å²) >= 11 is 0. The number of fused-ring (bicyclic) bond motifs is 1. The molecule has 116 valence electrons. The van der Waals surface area contributed by atoms with Gasteiger partial charge >= 0.3 is 0 Å². The number of para-hydroxylation sites is 2. The van der Waals surface area contributed by atoms with Crippen LogP contribution in [0.3, 0.4) is 0 Å². The molecule has 0 amide bonds. The first-order chi connectivity index (χ1) is 11.0.